The molecular weight excluding hydrogens is 1390 g/mol. The highest BCUT2D eigenvalue weighted by atomic mass is 16.6. The smallest absolute Gasteiger partial charge is 0.416 e. The number of amides is 6. The van der Waals surface area contributed by atoms with Gasteiger partial charge < -0.3 is 54.1 Å². The average molecular weight is 1480 g/mol. The maximum absolute atomic E-state index is 14.6. The number of hydrogen-bond donors (Lipinski definition) is 3. The number of aromatic nitrogens is 3. The SMILES string of the molecule is CCc1ccc(C2=CN3C(=O)c4cc(OC)c(OCCCOc5cc6c(cc5OC)C(=O)N5CC7(CC7)C[C@H]5C(O)N6C(=O)OCc5ccc(CC(=O)[C@H](C)NC(=O)[C@@H](CC(=O)CNC(=O)CCC(=O)CCC(=O)N6Cc7ccccc7-c7nnn(C(C)C)c7-c7ccccc76)C(C)C)cc5)cc4CC[C@@H]3C2)cc1. The molecule has 1 unspecified atom stereocenters. The van der Waals surface area contributed by atoms with Gasteiger partial charge in [0, 0.05) is 98.4 Å². The fraction of sp³-hybridized carbons (Fsp3) is 0.424. The highest BCUT2D eigenvalue weighted by Crippen LogP contribution is 2.57. The number of Topliss-reactive ketones (excluding diaryl/α,β-unsaturated/α-hetero) is 3. The van der Waals surface area contributed by atoms with E-state index in [-0.39, 0.29) is 147 Å². The summed E-state index contributed by atoms with van der Waals surface area (Å²) in [4.78, 5) is 130. The molecule has 1 saturated heterocycles. The van der Waals surface area contributed by atoms with Crippen LogP contribution >= 0.6 is 0 Å². The zero-order valence-electron chi connectivity index (χ0n) is 63.1. The standard InChI is InChI=1S/C85H95N9O15/c1-9-53-23-25-56(26-24-53)59-38-60-28-27-57-39-74(72(105-7)41-66(57)81(101)90(60)47-59)107-35-14-36-108-75-43-69-67(42-73(75)106-8)82(102)92-49-85(33-34-85)44-70(92)83(103)93(69)84(104)109-48-55-21-19-54(20-22-55)37-71(97)52(6)87-80(100)65(50(2)3)40-62(96)45-86-76(98)31-29-61(95)30-32-77(99)91-46-58-15-10-11-16-63(58)78-79(94(51(4)5)89-88-78)64-17-12-13-18-68(64)91/h10-13,15-26,39,41-43,47,50-52,60,65,70,83,103H,9,14,27-38,40,44-46,48-49H2,1-8H3,(H,86,98)(H,87,100)/t52-,60+,65-,70-,83?/m0/s1. The first-order valence-corrected chi connectivity index (χ1v) is 37.9. The Morgan fingerprint density at radius 2 is 1.37 bits per heavy atom. The molecule has 109 heavy (non-hydrogen) atoms. The lowest BCUT2D eigenvalue weighted by Crippen LogP contribution is -2.50. The number of benzene rings is 6. The minimum atomic E-state index is -1.48. The first kappa shape index (κ1) is 76.2. The fourth-order valence-corrected chi connectivity index (χ4v) is 15.5. The highest BCUT2D eigenvalue weighted by Gasteiger charge is 2.58. The second kappa shape index (κ2) is 32.8. The minimum absolute atomic E-state index is 0.0143. The van der Waals surface area contributed by atoms with Gasteiger partial charge in [-0.3, -0.25) is 38.4 Å². The number of carbonyl (C=O) groups excluding carboxylic acids is 9. The number of rotatable bonds is 29. The number of aliphatic hydroxyl groups excluding tert-OH is 1. The molecule has 24 nitrogen and oxygen atoms in total. The summed E-state index contributed by atoms with van der Waals surface area (Å²) in [6.45, 7) is 11.7. The Labute approximate surface area is 634 Å². The van der Waals surface area contributed by atoms with Gasteiger partial charge in [0.25, 0.3) is 11.8 Å². The number of nitrogens with zero attached hydrogens (tertiary/aromatic N) is 7. The number of ether oxygens (including phenoxy) is 5. The molecule has 6 heterocycles. The van der Waals surface area contributed by atoms with Crippen LogP contribution in [0.25, 0.3) is 28.1 Å². The fourth-order valence-electron chi connectivity index (χ4n) is 15.5. The van der Waals surface area contributed by atoms with Crippen LogP contribution in [0.2, 0.25) is 0 Å². The van der Waals surface area contributed by atoms with Crippen LogP contribution in [0.5, 0.6) is 23.0 Å². The second-order valence-corrected chi connectivity index (χ2v) is 30.2. The van der Waals surface area contributed by atoms with Crippen molar-refractivity contribution in [1.29, 1.82) is 0 Å². The summed E-state index contributed by atoms with van der Waals surface area (Å²) in [6.07, 6.45) is 4.69. The normalized spacial score (nSPS) is 17.7. The van der Waals surface area contributed by atoms with E-state index in [0.29, 0.717) is 59.7 Å². The lowest BCUT2D eigenvalue weighted by molar-refractivity contribution is -0.133. The second-order valence-electron chi connectivity index (χ2n) is 30.2. The van der Waals surface area contributed by atoms with Crippen molar-refractivity contribution in [2.24, 2.45) is 17.3 Å². The number of nitrogens with one attached hydrogen (secondary N) is 2. The number of aliphatic hydroxyl groups is 1. The lowest BCUT2D eigenvalue weighted by Gasteiger charge is -2.31. The summed E-state index contributed by atoms with van der Waals surface area (Å²) in [5, 5.41) is 26.7. The Balaban J connectivity index is 0.569. The third kappa shape index (κ3) is 16.5. The highest BCUT2D eigenvalue weighted by molar-refractivity contribution is 6.07. The third-order valence-electron chi connectivity index (χ3n) is 22.1. The number of fused-ring (bicyclic) bond motifs is 9. The van der Waals surface area contributed by atoms with Crippen LogP contribution in [-0.4, -0.2) is 148 Å². The molecule has 13 rings (SSSR count). The number of hydrogen-bond acceptors (Lipinski definition) is 17. The number of para-hydroxylation sites is 1. The molecule has 24 heteroatoms. The Morgan fingerprint density at radius 1 is 0.697 bits per heavy atom. The van der Waals surface area contributed by atoms with Crippen LogP contribution in [0.15, 0.2) is 128 Å². The van der Waals surface area contributed by atoms with Gasteiger partial charge in [0.05, 0.1) is 75.2 Å². The van der Waals surface area contributed by atoms with Gasteiger partial charge in [-0.1, -0.05) is 117 Å². The molecule has 6 aliphatic rings. The molecule has 0 radical (unpaired) electrons. The lowest BCUT2D eigenvalue weighted by atomic mass is 9.89. The number of carbonyl (C=O) groups is 9. The molecule has 1 aliphatic carbocycles. The van der Waals surface area contributed by atoms with Crippen molar-refractivity contribution in [3.63, 3.8) is 0 Å². The summed E-state index contributed by atoms with van der Waals surface area (Å²) < 4.78 is 32.0. The van der Waals surface area contributed by atoms with E-state index in [1.165, 1.54) is 24.8 Å². The predicted molar refractivity (Wildman–Crippen MR) is 408 cm³/mol. The van der Waals surface area contributed by atoms with E-state index in [1.807, 2.05) is 84.2 Å². The minimum Gasteiger partial charge on any atom is -0.493 e. The van der Waals surface area contributed by atoms with Gasteiger partial charge in [-0.05, 0) is 140 Å². The summed E-state index contributed by atoms with van der Waals surface area (Å²) in [5.74, 6) is -2.48. The van der Waals surface area contributed by atoms with E-state index in [4.69, 9.17) is 23.7 Å². The first-order valence-electron chi connectivity index (χ1n) is 37.9. The van der Waals surface area contributed by atoms with Crippen LogP contribution in [0.1, 0.15) is 172 Å². The summed E-state index contributed by atoms with van der Waals surface area (Å²) >= 11 is 0. The first-order chi connectivity index (χ1) is 52.5. The Bertz CT molecular complexity index is 4690. The molecule has 5 atom stereocenters. The maximum Gasteiger partial charge on any atom is 0.416 e. The largest absolute Gasteiger partial charge is 0.493 e. The van der Waals surface area contributed by atoms with Crippen molar-refractivity contribution < 1.29 is 71.9 Å². The average Bonchev–Trinajstić information content (AvgIpc) is 1.58. The quantitative estimate of drug-likeness (QED) is 0.0367. The number of anilines is 2. The van der Waals surface area contributed by atoms with Gasteiger partial charge in [0.1, 0.15) is 18.1 Å². The van der Waals surface area contributed by atoms with Crippen molar-refractivity contribution >= 4 is 69.9 Å². The number of ketones is 3. The molecule has 2 fully saturated rings. The van der Waals surface area contributed by atoms with Crippen molar-refractivity contribution in [3.05, 3.63) is 172 Å². The molecule has 1 saturated carbocycles. The Kier molecular flexibility index (Phi) is 22.9. The Morgan fingerprint density at radius 3 is 2.06 bits per heavy atom. The molecule has 7 aromatic rings. The van der Waals surface area contributed by atoms with Gasteiger partial charge >= 0.3 is 6.09 Å². The van der Waals surface area contributed by atoms with Gasteiger partial charge in [0.2, 0.25) is 17.7 Å². The molecule has 5 aliphatic heterocycles. The molecule has 1 aromatic heterocycles. The molecule has 3 N–H and O–H groups in total. The topological polar surface area (TPSA) is 288 Å². The molecule has 1 spiro atoms. The van der Waals surface area contributed by atoms with Crippen molar-refractivity contribution in [2.45, 2.75) is 175 Å². The number of methoxy groups -OCH3 is 2. The van der Waals surface area contributed by atoms with Crippen molar-refractivity contribution in [3.8, 4) is 45.5 Å². The van der Waals surface area contributed by atoms with E-state index in [1.54, 1.807) is 68.0 Å². The molecule has 0 bridgehead atoms. The number of aryl methyl sites for hydroxylation is 2. The maximum atomic E-state index is 14.6. The molecular formula is C85H95N9O15. The van der Waals surface area contributed by atoms with E-state index in [0.717, 1.165) is 81.8 Å². The summed E-state index contributed by atoms with van der Waals surface area (Å²) in [7, 11) is 3.00. The van der Waals surface area contributed by atoms with Crippen LogP contribution in [-0.2, 0) is 65.9 Å². The summed E-state index contributed by atoms with van der Waals surface area (Å²) in [5.41, 5.74) is 11.0. The van der Waals surface area contributed by atoms with Gasteiger partial charge in [-0.15, -0.1) is 5.10 Å². The van der Waals surface area contributed by atoms with E-state index in [2.05, 4.69) is 52.1 Å². The van der Waals surface area contributed by atoms with Crippen LogP contribution in [0.4, 0.5) is 16.2 Å². The summed E-state index contributed by atoms with van der Waals surface area (Å²) in [6, 6.07) is 35.8. The zero-order valence-corrected chi connectivity index (χ0v) is 63.1. The van der Waals surface area contributed by atoms with Gasteiger partial charge in [-0.2, -0.15) is 0 Å². The van der Waals surface area contributed by atoms with Crippen LogP contribution in [0, 0.1) is 17.3 Å². The van der Waals surface area contributed by atoms with Crippen LogP contribution < -0.4 is 39.4 Å². The van der Waals surface area contributed by atoms with Crippen molar-refractivity contribution in [2.75, 3.05) is 50.3 Å². The van der Waals surface area contributed by atoms with Crippen molar-refractivity contribution in [1.82, 2.24) is 35.4 Å². The molecule has 6 aromatic carbocycles. The van der Waals surface area contributed by atoms with E-state index < -0.39 is 47.9 Å². The predicted octanol–water partition coefficient (Wildman–Crippen LogP) is 11.9. The van der Waals surface area contributed by atoms with Gasteiger partial charge in [-0.25, -0.2) is 14.4 Å². The monoisotopic (exact) mass is 1480 g/mol. The Hall–Kier alpha value is -11.0. The van der Waals surface area contributed by atoms with E-state index in [9.17, 15) is 48.3 Å². The van der Waals surface area contributed by atoms with Crippen LogP contribution in [0.3, 0.4) is 0 Å². The van der Waals surface area contributed by atoms with Gasteiger partial charge in [0.15, 0.2) is 40.8 Å². The van der Waals surface area contributed by atoms with E-state index >= 15 is 0 Å². The molecule has 6 amide bonds. The zero-order chi connectivity index (χ0) is 76.9. The third-order valence-corrected chi connectivity index (χ3v) is 22.1. The molecule has 570 valence electrons.